The summed E-state index contributed by atoms with van der Waals surface area (Å²) in [6, 6.07) is 10.9. The van der Waals surface area contributed by atoms with E-state index in [4.69, 9.17) is 4.98 Å². The van der Waals surface area contributed by atoms with E-state index in [1.165, 1.54) is 5.56 Å². The molecular formula is C15H21N3S. The van der Waals surface area contributed by atoms with Gasteiger partial charge in [0.05, 0.1) is 5.69 Å². The van der Waals surface area contributed by atoms with Crippen molar-refractivity contribution in [2.75, 3.05) is 25.5 Å². The first-order valence-corrected chi connectivity index (χ1v) is 7.50. The number of likely N-dealkylation sites (N-methyl/N-ethyl adjacent to an activating group) is 1. The van der Waals surface area contributed by atoms with E-state index >= 15 is 0 Å². The Hall–Kier alpha value is -1.39. The van der Waals surface area contributed by atoms with Crippen LogP contribution in [0.5, 0.6) is 0 Å². The van der Waals surface area contributed by atoms with Crippen LogP contribution in [-0.2, 0) is 6.42 Å². The van der Waals surface area contributed by atoms with E-state index in [1.54, 1.807) is 11.3 Å². The van der Waals surface area contributed by atoms with E-state index in [2.05, 4.69) is 53.8 Å². The number of anilines is 1. The maximum absolute atomic E-state index is 4.70. The molecule has 0 fully saturated rings. The summed E-state index contributed by atoms with van der Waals surface area (Å²) in [6.45, 7) is 3.13. The Labute approximate surface area is 119 Å². The number of nitrogens with zero attached hydrogens (tertiary/aromatic N) is 2. The van der Waals surface area contributed by atoms with Crippen LogP contribution >= 0.6 is 11.3 Å². The summed E-state index contributed by atoms with van der Waals surface area (Å²) in [5.74, 6) is 0. The molecule has 2 aromatic rings. The number of hydrogen-bond acceptors (Lipinski definition) is 4. The largest absolute Gasteiger partial charge is 0.351 e. The van der Waals surface area contributed by atoms with Crippen LogP contribution in [0.25, 0.3) is 0 Å². The molecule has 4 heteroatoms. The first-order valence-electron chi connectivity index (χ1n) is 6.62. The van der Waals surface area contributed by atoms with Gasteiger partial charge in [0.2, 0.25) is 0 Å². The molecule has 19 heavy (non-hydrogen) atoms. The van der Waals surface area contributed by atoms with Gasteiger partial charge in [-0.05, 0) is 19.5 Å². The first-order chi connectivity index (χ1) is 9.24. The Balaban J connectivity index is 2.09. The lowest BCUT2D eigenvalue weighted by molar-refractivity contribution is 0.586. The normalized spacial score (nSPS) is 12.4. The van der Waals surface area contributed by atoms with Crippen molar-refractivity contribution in [2.45, 2.75) is 19.4 Å². The topological polar surface area (TPSA) is 28.2 Å². The first kappa shape index (κ1) is 14.0. The van der Waals surface area contributed by atoms with Crippen molar-refractivity contribution in [1.82, 2.24) is 10.3 Å². The van der Waals surface area contributed by atoms with Crippen LogP contribution in [0.15, 0.2) is 35.7 Å². The molecule has 0 radical (unpaired) electrons. The van der Waals surface area contributed by atoms with Crippen molar-refractivity contribution in [3.8, 4) is 0 Å². The minimum atomic E-state index is 0.322. The van der Waals surface area contributed by atoms with Gasteiger partial charge >= 0.3 is 0 Å². The summed E-state index contributed by atoms with van der Waals surface area (Å²) in [5, 5.41) is 6.63. The fourth-order valence-corrected chi connectivity index (χ4v) is 2.85. The highest BCUT2D eigenvalue weighted by atomic mass is 32.1. The molecule has 2 rings (SSSR count). The third kappa shape index (κ3) is 3.55. The number of hydrogen-bond donors (Lipinski definition) is 1. The number of aromatic nitrogens is 1. The zero-order valence-electron chi connectivity index (χ0n) is 11.8. The maximum atomic E-state index is 4.70. The molecule has 1 aromatic carbocycles. The zero-order chi connectivity index (χ0) is 13.7. The molecule has 0 aliphatic carbocycles. The minimum absolute atomic E-state index is 0.322. The lowest BCUT2D eigenvalue weighted by Gasteiger charge is -2.15. The Bertz CT molecular complexity index is 495. The van der Waals surface area contributed by atoms with E-state index in [9.17, 15) is 0 Å². The van der Waals surface area contributed by atoms with E-state index in [-0.39, 0.29) is 0 Å². The SMILES string of the molecule is CCN(C)c1nc(CC(NC)c2ccccc2)cs1. The Morgan fingerprint density at radius 2 is 2.05 bits per heavy atom. The molecule has 0 aliphatic rings. The van der Waals surface area contributed by atoms with Gasteiger partial charge in [0.25, 0.3) is 0 Å². The van der Waals surface area contributed by atoms with Crippen molar-refractivity contribution < 1.29 is 0 Å². The van der Waals surface area contributed by atoms with Crippen molar-refractivity contribution in [2.24, 2.45) is 0 Å². The second-order valence-corrected chi connectivity index (χ2v) is 5.43. The van der Waals surface area contributed by atoms with Gasteiger partial charge in [-0.15, -0.1) is 11.3 Å². The van der Waals surface area contributed by atoms with Gasteiger partial charge in [-0.3, -0.25) is 0 Å². The summed E-state index contributed by atoms with van der Waals surface area (Å²) < 4.78 is 0. The van der Waals surface area contributed by atoms with Crippen LogP contribution in [-0.4, -0.2) is 25.6 Å². The quantitative estimate of drug-likeness (QED) is 0.878. The highest BCUT2D eigenvalue weighted by Gasteiger charge is 2.13. The Morgan fingerprint density at radius 1 is 1.32 bits per heavy atom. The number of benzene rings is 1. The van der Waals surface area contributed by atoms with E-state index < -0.39 is 0 Å². The lowest BCUT2D eigenvalue weighted by atomic mass is 10.0. The standard InChI is InChI=1S/C15H21N3S/c1-4-18(3)15-17-13(11-19-15)10-14(16-2)12-8-6-5-7-9-12/h5-9,11,14,16H,4,10H2,1-3H3. The molecule has 1 aromatic heterocycles. The second-order valence-electron chi connectivity index (χ2n) is 4.59. The van der Waals surface area contributed by atoms with Gasteiger partial charge < -0.3 is 10.2 Å². The fraction of sp³-hybridized carbons (Fsp3) is 0.400. The van der Waals surface area contributed by atoms with E-state index in [1.807, 2.05) is 13.1 Å². The van der Waals surface area contributed by atoms with Crippen molar-refractivity contribution in [3.05, 3.63) is 47.0 Å². The molecular weight excluding hydrogens is 254 g/mol. The number of rotatable bonds is 6. The van der Waals surface area contributed by atoms with Gasteiger partial charge in [-0.2, -0.15) is 0 Å². The zero-order valence-corrected chi connectivity index (χ0v) is 12.6. The van der Waals surface area contributed by atoms with Crippen LogP contribution in [0.2, 0.25) is 0 Å². The van der Waals surface area contributed by atoms with Crippen LogP contribution in [0, 0.1) is 0 Å². The summed E-state index contributed by atoms with van der Waals surface area (Å²) in [4.78, 5) is 6.87. The van der Waals surface area contributed by atoms with Crippen LogP contribution in [0.3, 0.4) is 0 Å². The van der Waals surface area contributed by atoms with Gasteiger partial charge in [0.15, 0.2) is 5.13 Å². The summed E-state index contributed by atoms with van der Waals surface area (Å²) in [5.41, 5.74) is 2.46. The van der Waals surface area contributed by atoms with Crippen molar-refractivity contribution in [3.63, 3.8) is 0 Å². The summed E-state index contributed by atoms with van der Waals surface area (Å²) in [6.07, 6.45) is 0.925. The molecule has 1 heterocycles. The average Bonchev–Trinajstić information content (AvgIpc) is 2.93. The third-order valence-corrected chi connectivity index (χ3v) is 4.31. The molecule has 3 nitrogen and oxygen atoms in total. The maximum Gasteiger partial charge on any atom is 0.185 e. The number of nitrogens with one attached hydrogen (secondary N) is 1. The minimum Gasteiger partial charge on any atom is -0.351 e. The fourth-order valence-electron chi connectivity index (χ4n) is 1.98. The smallest absolute Gasteiger partial charge is 0.185 e. The van der Waals surface area contributed by atoms with Crippen LogP contribution in [0.4, 0.5) is 5.13 Å². The van der Waals surface area contributed by atoms with Crippen LogP contribution < -0.4 is 10.2 Å². The molecule has 0 bridgehead atoms. The van der Waals surface area contributed by atoms with Gasteiger partial charge in [0, 0.05) is 31.4 Å². The van der Waals surface area contributed by atoms with Crippen molar-refractivity contribution >= 4 is 16.5 Å². The Kier molecular flexibility index (Phi) is 4.93. The van der Waals surface area contributed by atoms with Gasteiger partial charge in [-0.25, -0.2) is 4.98 Å². The number of thiazole rings is 1. The summed E-state index contributed by atoms with van der Waals surface area (Å²) in [7, 11) is 4.08. The van der Waals surface area contributed by atoms with Gasteiger partial charge in [0.1, 0.15) is 0 Å². The molecule has 0 saturated carbocycles. The highest BCUT2D eigenvalue weighted by Crippen LogP contribution is 2.23. The molecule has 0 saturated heterocycles. The predicted molar refractivity (Wildman–Crippen MR) is 83.0 cm³/mol. The van der Waals surface area contributed by atoms with Crippen molar-refractivity contribution in [1.29, 1.82) is 0 Å². The monoisotopic (exact) mass is 275 g/mol. The summed E-state index contributed by atoms with van der Waals surface area (Å²) >= 11 is 1.72. The third-order valence-electron chi connectivity index (χ3n) is 3.30. The molecule has 0 spiro atoms. The van der Waals surface area contributed by atoms with E-state index in [0.717, 1.165) is 23.8 Å². The molecule has 1 atom stereocenters. The molecule has 1 unspecified atom stereocenters. The highest BCUT2D eigenvalue weighted by molar-refractivity contribution is 7.13. The second kappa shape index (κ2) is 6.68. The lowest BCUT2D eigenvalue weighted by Crippen LogP contribution is -2.19. The van der Waals surface area contributed by atoms with Crippen LogP contribution in [0.1, 0.15) is 24.2 Å². The van der Waals surface area contributed by atoms with Gasteiger partial charge in [-0.1, -0.05) is 30.3 Å². The average molecular weight is 275 g/mol. The van der Waals surface area contributed by atoms with E-state index in [0.29, 0.717) is 6.04 Å². The Morgan fingerprint density at radius 3 is 2.68 bits per heavy atom. The predicted octanol–water partition coefficient (Wildman–Crippen LogP) is 3.10. The molecule has 102 valence electrons. The molecule has 0 aliphatic heterocycles. The molecule has 1 N–H and O–H groups in total. The molecule has 0 amide bonds.